The molecule has 1 fully saturated rings. The fraction of sp³-hybridized carbons (Fsp3) is 0.933. The Morgan fingerprint density at radius 2 is 2.00 bits per heavy atom. The molecule has 3 unspecified atom stereocenters. The minimum atomic E-state index is -0.130. The fourth-order valence-electron chi connectivity index (χ4n) is 2.60. The number of carbonyl (C=O) groups excluding carboxylic acids is 1. The second kappa shape index (κ2) is 8.60. The molecule has 0 aliphatic carbocycles. The maximum atomic E-state index is 12.0. The number of nitrogens with one attached hydrogen (secondary N) is 2. The van der Waals surface area contributed by atoms with E-state index in [0.29, 0.717) is 6.04 Å². The zero-order valence-corrected chi connectivity index (χ0v) is 13.8. The number of rotatable bonds is 7. The third-order valence-corrected chi connectivity index (χ3v) is 4.14. The molecule has 1 amide bonds. The van der Waals surface area contributed by atoms with Gasteiger partial charge in [-0.15, -0.1) is 0 Å². The molecule has 0 aromatic heterocycles. The molecule has 5 nitrogen and oxygen atoms in total. The summed E-state index contributed by atoms with van der Waals surface area (Å²) >= 11 is 0. The SMILES string of the molecule is CCCC(C)NC(=O)C(C)NCC1CN(C)CCN1C. The van der Waals surface area contributed by atoms with E-state index in [1.165, 1.54) is 0 Å². The van der Waals surface area contributed by atoms with Gasteiger partial charge in [-0.25, -0.2) is 0 Å². The van der Waals surface area contributed by atoms with E-state index in [1.54, 1.807) is 0 Å². The lowest BCUT2D eigenvalue weighted by molar-refractivity contribution is -0.123. The first-order chi connectivity index (χ1) is 9.43. The zero-order chi connectivity index (χ0) is 15.1. The van der Waals surface area contributed by atoms with E-state index in [0.717, 1.165) is 39.0 Å². The molecule has 2 N–H and O–H groups in total. The molecule has 0 aromatic carbocycles. The molecular formula is C15H32N4O. The van der Waals surface area contributed by atoms with Gasteiger partial charge in [0.05, 0.1) is 6.04 Å². The van der Waals surface area contributed by atoms with E-state index in [1.807, 2.05) is 6.92 Å². The first-order valence-electron chi connectivity index (χ1n) is 7.86. The molecule has 1 saturated heterocycles. The highest BCUT2D eigenvalue weighted by Crippen LogP contribution is 2.05. The summed E-state index contributed by atoms with van der Waals surface area (Å²) < 4.78 is 0. The van der Waals surface area contributed by atoms with Gasteiger partial charge in [0.15, 0.2) is 0 Å². The van der Waals surface area contributed by atoms with Gasteiger partial charge in [-0.3, -0.25) is 9.69 Å². The highest BCUT2D eigenvalue weighted by atomic mass is 16.2. The molecule has 0 bridgehead atoms. The van der Waals surface area contributed by atoms with Crippen molar-refractivity contribution in [1.29, 1.82) is 0 Å². The minimum absolute atomic E-state index is 0.109. The first-order valence-corrected chi connectivity index (χ1v) is 7.86. The van der Waals surface area contributed by atoms with Crippen LogP contribution >= 0.6 is 0 Å². The summed E-state index contributed by atoms with van der Waals surface area (Å²) in [6, 6.07) is 0.618. The van der Waals surface area contributed by atoms with Crippen molar-refractivity contribution in [3.63, 3.8) is 0 Å². The summed E-state index contributed by atoms with van der Waals surface area (Å²) in [7, 11) is 4.32. The van der Waals surface area contributed by atoms with Crippen LogP contribution in [0.15, 0.2) is 0 Å². The second-order valence-corrected chi connectivity index (χ2v) is 6.22. The Kier molecular flexibility index (Phi) is 7.48. The van der Waals surface area contributed by atoms with Crippen molar-refractivity contribution in [3.8, 4) is 0 Å². The molecule has 0 spiro atoms. The van der Waals surface area contributed by atoms with E-state index >= 15 is 0 Å². The summed E-state index contributed by atoms with van der Waals surface area (Å²) in [6.07, 6.45) is 2.14. The monoisotopic (exact) mass is 284 g/mol. The van der Waals surface area contributed by atoms with Crippen LogP contribution < -0.4 is 10.6 Å². The van der Waals surface area contributed by atoms with Crippen molar-refractivity contribution >= 4 is 5.91 Å². The standard InChI is InChI=1S/C15H32N4O/c1-6-7-12(2)17-15(20)13(3)16-10-14-11-18(4)8-9-19(14)5/h12-14,16H,6-11H2,1-5H3,(H,17,20). The molecule has 1 heterocycles. The second-order valence-electron chi connectivity index (χ2n) is 6.22. The lowest BCUT2D eigenvalue weighted by Crippen LogP contribution is -2.56. The summed E-state index contributed by atoms with van der Waals surface area (Å²) in [5, 5.41) is 6.43. The van der Waals surface area contributed by atoms with Gasteiger partial charge >= 0.3 is 0 Å². The number of nitrogens with zero attached hydrogens (tertiary/aromatic N) is 2. The summed E-state index contributed by atoms with van der Waals surface area (Å²) in [5.74, 6) is 0.109. The van der Waals surface area contributed by atoms with Crippen LogP contribution in [0.4, 0.5) is 0 Å². The molecule has 0 saturated carbocycles. The molecule has 3 atom stereocenters. The average Bonchev–Trinajstić information content (AvgIpc) is 2.39. The number of hydrogen-bond donors (Lipinski definition) is 2. The molecule has 1 aliphatic heterocycles. The maximum Gasteiger partial charge on any atom is 0.237 e. The molecule has 118 valence electrons. The normalized spacial score (nSPS) is 24.4. The molecule has 0 aromatic rings. The highest BCUT2D eigenvalue weighted by Gasteiger charge is 2.23. The Bertz CT molecular complexity index is 298. The van der Waals surface area contributed by atoms with Gasteiger partial charge in [0.1, 0.15) is 0 Å². The molecular weight excluding hydrogens is 252 g/mol. The van der Waals surface area contributed by atoms with Crippen molar-refractivity contribution in [3.05, 3.63) is 0 Å². The summed E-state index contributed by atoms with van der Waals surface area (Å²) in [5.41, 5.74) is 0. The lowest BCUT2D eigenvalue weighted by Gasteiger charge is -2.38. The third kappa shape index (κ3) is 5.77. The maximum absolute atomic E-state index is 12.0. The van der Waals surface area contributed by atoms with Crippen LogP contribution in [0.2, 0.25) is 0 Å². The van der Waals surface area contributed by atoms with Gasteiger partial charge in [-0.1, -0.05) is 13.3 Å². The lowest BCUT2D eigenvalue weighted by atomic mass is 10.1. The van der Waals surface area contributed by atoms with Crippen LogP contribution in [0.1, 0.15) is 33.6 Å². The van der Waals surface area contributed by atoms with Crippen LogP contribution in [0.5, 0.6) is 0 Å². The predicted molar refractivity (Wildman–Crippen MR) is 83.9 cm³/mol. The molecule has 1 aliphatic rings. The first kappa shape index (κ1) is 17.4. The van der Waals surface area contributed by atoms with E-state index in [2.05, 4.69) is 48.4 Å². The van der Waals surface area contributed by atoms with Gasteiger partial charge in [0, 0.05) is 38.3 Å². The Morgan fingerprint density at radius 1 is 1.30 bits per heavy atom. The number of carbonyl (C=O) groups is 1. The minimum Gasteiger partial charge on any atom is -0.352 e. The summed E-state index contributed by atoms with van der Waals surface area (Å²) in [4.78, 5) is 16.8. The van der Waals surface area contributed by atoms with Gasteiger partial charge < -0.3 is 15.5 Å². The third-order valence-electron chi connectivity index (χ3n) is 4.14. The van der Waals surface area contributed by atoms with Gasteiger partial charge in [-0.05, 0) is 34.4 Å². The number of hydrogen-bond acceptors (Lipinski definition) is 4. The molecule has 5 heteroatoms. The van der Waals surface area contributed by atoms with Crippen molar-refractivity contribution < 1.29 is 4.79 Å². The Labute approximate surface area is 124 Å². The van der Waals surface area contributed by atoms with Crippen LogP contribution in [0.3, 0.4) is 0 Å². The van der Waals surface area contributed by atoms with Crippen LogP contribution in [-0.2, 0) is 4.79 Å². The van der Waals surface area contributed by atoms with E-state index < -0.39 is 0 Å². The molecule has 20 heavy (non-hydrogen) atoms. The molecule has 0 radical (unpaired) electrons. The van der Waals surface area contributed by atoms with Gasteiger partial charge in [0.2, 0.25) is 5.91 Å². The highest BCUT2D eigenvalue weighted by molar-refractivity contribution is 5.81. The van der Waals surface area contributed by atoms with E-state index in [-0.39, 0.29) is 18.0 Å². The summed E-state index contributed by atoms with van der Waals surface area (Å²) in [6.45, 7) is 10.3. The quantitative estimate of drug-likeness (QED) is 0.715. The van der Waals surface area contributed by atoms with Crippen molar-refractivity contribution in [1.82, 2.24) is 20.4 Å². The Hall–Kier alpha value is -0.650. The number of piperazine rings is 1. The Balaban J connectivity index is 2.30. The smallest absolute Gasteiger partial charge is 0.237 e. The molecule has 1 rings (SSSR count). The van der Waals surface area contributed by atoms with Crippen molar-refractivity contribution in [2.45, 2.75) is 51.7 Å². The van der Waals surface area contributed by atoms with Crippen LogP contribution in [0.25, 0.3) is 0 Å². The zero-order valence-electron chi connectivity index (χ0n) is 13.8. The van der Waals surface area contributed by atoms with Crippen LogP contribution in [0, 0.1) is 0 Å². The largest absolute Gasteiger partial charge is 0.352 e. The van der Waals surface area contributed by atoms with E-state index in [4.69, 9.17) is 0 Å². The van der Waals surface area contributed by atoms with Crippen molar-refractivity contribution in [2.24, 2.45) is 0 Å². The Morgan fingerprint density at radius 3 is 2.65 bits per heavy atom. The average molecular weight is 284 g/mol. The predicted octanol–water partition coefficient (Wildman–Crippen LogP) is 0.515. The topological polar surface area (TPSA) is 47.6 Å². The van der Waals surface area contributed by atoms with Gasteiger partial charge in [-0.2, -0.15) is 0 Å². The van der Waals surface area contributed by atoms with Gasteiger partial charge in [0.25, 0.3) is 0 Å². The number of likely N-dealkylation sites (N-methyl/N-ethyl adjacent to an activating group) is 2. The van der Waals surface area contributed by atoms with Crippen LogP contribution in [-0.4, -0.2) is 74.1 Å². The van der Waals surface area contributed by atoms with E-state index in [9.17, 15) is 4.79 Å². The number of amides is 1. The van der Waals surface area contributed by atoms with Crippen molar-refractivity contribution in [2.75, 3.05) is 40.3 Å². The fourth-order valence-corrected chi connectivity index (χ4v) is 2.60.